The fourth-order valence-electron chi connectivity index (χ4n) is 3.70. The summed E-state index contributed by atoms with van der Waals surface area (Å²) >= 11 is 3.60. The van der Waals surface area contributed by atoms with E-state index in [4.69, 9.17) is 4.74 Å². The summed E-state index contributed by atoms with van der Waals surface area (Å²) in [6.07, 6.45) is 1.08. The van der Waals surface area contributed by atoms with E-state index in [0.29, 0.717) is 12.0 Å². The first-order chi connectivity index (χ1) is 9.66. The second-order valence-electron chi connectivity index (χ2n) is 7.32. The number of ether oxygens (including phenoxy) is 1. The van der Waals surface area contributed by atoms with Crippen molar-refractivity contribution in [3.05, 3.63) is 33.8 Å². The first-order valence-corrected chi connectivity index (χ1v) is 8.65. The summed E-state index contributed by atoms with van der Waals surface area (Å²) < 4.78 is 7.47. The van der Waals surface area contributed by atoms with Crippen molar-refractivity contribution in [2.24, 2.45) is 5.92 Å². The first kappa shape index (κ1) is 17.0. The van der Waals surface area contributed by atoms with E-state index in [1.54, 1.807) is 0 Å². The van der Waals surface area contributed by atoms with Crippen LogP contribution >= 0.6 is 15.9 Å². The van der Waals surface area contributed by atoms with Crippen LogP contribution in [0, 0.1) is 12.8 Å². The summed E-state index contributed by atoms with van der Waals surface area (Å²) in [5.74, 6) is 0.466. The second kappa shape index (κ2) is 6.02. The van der Waals surface area contributed by atoms with Gasteiger partial charge in [-0.25, -0.2) is 0 Å². The molecule has 1 saturated heterocycles. The summed E-state index contributed by atoms with van der Waals surface area (Å²) in [5.41, 5.74) is 2.48. The van der Waals surface area contributed by atoms with Crippen LogP contribution in [0.2, 0.25) is 0 Å². The Morgan fingerprint density at radius 3 is 2.48 bits per heavy atom. The Labute approximate surface area is 137 Å². The number of halogens is 1. The van der Waals surface area contributed by atoms with E-state index in [1.165, 1.54) is 15.6 Å². The van der Waals surface area contributed by atoms with E-state index >= 15 is 0 Å². The molecule has 0 radical (unpaired) electrons. The molecule has 0 amide bonds. The average Bonchev–Trinajstić information content (AvgIpc) is 2.58. The number of rotatable bonds is 4. The largest absolute Gasteiger partial charge is 0.369 e. The van der Waals surface area contributed by atoms with E-state index in [9.17, 15) is 0 Å². The molecule has 2 rings (SSSR count). The zero-order chi connectivity index (χ0) is 15.8. The van der Waals surface area contributed by atoms with E-state index in [1.807, 2.05) is 0 Å². The van der Waals surface area contributed by atoms with Crippen molar-refractivity contribution in [3.8, 4) is 0 Å². The van der Waals surface area contributed by atoms with Gasteiger partial charge in [0.05, 0.1) is 11.2 Å². The van der Waals surface area contributed by atoms with Crippen LogP contribution in [0.4, 0.5) is 0 Å². The standard InChI is InChI=1S/C18H28BrNO/c1-7-20-16(13-8-9-15(19)12(2)10-13)14-11-17(3,4)21-18(14,5)6/h8-10,14,16,20H,7,11H2,1-6H3. The molecule has 0 spiro atoms. The molecule has 2 atom stereocenters. The summed E-state index contributed by atoms with van der Waals surface area (Å²) in [6, 6.07) is 7.01. The molecule has 1 N–H and O–H groups in total. The van der Waals surface area contributed by atoms with Crippen LogP contribution in [-0.2, 0) is 4.74 Å². The highest BCUT2D eigenvalue weighted by Gasteiger charge is 2.49. The fourth-order valence-corrected chi connectivity index (χ4v) is 3.94. The number of benzene rings is 1. The van der Waals surface area contributed by atoms with Crippen LogP contribution in [0.1, 0.15) is 58.2 Å². The number of hydrogen-bond donors (Lipinski definition) is 1. The van der Waals surface area contributed by atoms with Crippen molar-refractivity contribution in [3.63, 3.8) is 0 Å². The van der Waals surface area contributed by atoms with Crippen LogP contribution in [0.15, 0.2) is 22.7 Å². The quantitative estimate of drug-likeness (QED) is 0.821. The fraction of sp³-hybridized carbons (Fsp3) is 0.667. The van der Waals surface area contributed by atoms with Gasteiger partial charge in [-0.1, -0.05) is 35.0 Å². The molecule has 0 saturated carbocycles. The van der Waals surface area contributed by atoms with Gasteiger partial charge in [-0.2, -0.15) is 0 Å². The van der Waals surface area contributed by atoms with Crippen molar-refractivity contribution >= 4 is 15.9 Å². The molecule has 0 bridgehead atoms. The summed E-state index contributed by atoms with van der Waals surface area (Å²) in [5, 5.41) is 3.69. The van der Waals surface area contributed by atoms with Gasteiger partial charge in [-0.05, 0) is 64.8 Å². The molecule has 1 heterocycles. The highest BCUT2D eigenvalue weighted by molar-refractivity contribution is 9.10. The molecule has 118 valence electrons. The lowest BCUT2D eigenvalue weighted by molar-refractivity contribution is -0.0778. The second-order valence-corrected chi connectivity index (χ2v) is 8.17. The predicted molar refractivity (Wildman–Crippen MR) is 92.6 cm³/mol. The van der Waals surface area contributed by atoms with Gasteiger partial charge >= 0.3 is 0 Å². The van der Waals surface area contributed by atoms with Gasteiger partial charge < -0.3 is 10.1 Å². The Balaban J connectivity index is 2.36. The van der Waals surface area contributed by atoms with Gasteiger partial charge in [-0.15, -0.1) is 0 Å². The van der Waals surface area contributed by atoms with Gasteiger partial charge in [0.25, 0.3) is 0 Å². The predicted octanol–water partition coefficient (Wildman–Crippen LogP) is 5.00. The lowest BCUT2D eigenvalue weighted by atomic mass is 9.78. The maximum atomic E-state index is 6.30. The highest BCUT2D eigenvalue weighted by Crippen LogP contribution is 2.47. The molecule has 1 aromatic rings. The van der Waals surface area contributed by atoms with Crippen LogP contribution in [0.5, 0.6) is 0 Å². The SMILES string of the molecule is CCNC(c1ccc(Br)c(C)c1)C1CC(C)(C)OC1(C)C. The maximum absolute atomic E-state index is 6.30. The van der Waals surface area contributed by atoms with Gasteiger partial charge in [0.2, 0.25) is 0 Å². The molecule has 1 fully saturated rings. The van der Waals surface area contributed by atoms with E-state index in [0.717, 1.165) is 13.0 Å². The molecule has 2 unspecified atom stereocenters. The van der Waals surface area contributed by atoms with Crippen molar-refractivity contribution in [1.82, 2.24) is 5.32 Å². The third-order valence-electron chi connectivity index (χ3n) is 4.51. The molecule has 3 heteroatoms. The maximum Gasteiger partial charge on any atom is 0.0681 e. The summed E-state index contributed by atoms with van der Waals surface area (Å²) in [6.45, 7) is 14.1. The number of nitrogens with one attached hydrogen (secondary N) is 1. The van der Waals surface area contributed by atoms with Gasteiger partial charge in [0.1, 0.15) is 0 Å². The molecule has 1 aromatic carbocycles. The van der Waals surface area contributed by atoms with E-state index in [2.05, 4.69) is 81.0 Å². The minimum Gasteiger partial charge on any atom is -0.369 e. The monoisotopic (exact) mass is 353 g/mol. The molecule has 1 aliphatic heterocycles. The highest BCUT2D eigenvalue weighted by atomic mass is 79.9. The van der Waals surface area contributed by atoms with Gasteiger partial charge in [0, 0.05) is 16.4 Å². The van der Waals surface area contributed by atoms with Gasteiger partial charge in [0.15, 0.2) is 0 Å². The molecule has 21 heavy (non-hydrogen) atoms. The molecule has 0 aliphatic carbocycles. The zero-order valence-electron chi connectivity index (χ0n) is 14.1. The first-order valence-electron chi connectivity index (χ1n) is 7.86. The molecular weight excluding hydrogens is 326 g/mol. The number of hydrogen-bond acceptors (Lipinski definition) is 2. The topological polar surface area (TPSA) is 21.3 Å². The number of aryl methyl sites for hydroxylation is 1. The van der Waals surface area contributed by atoms with Crippen molar-refractivity contribution in [2.45, 2.75) is 65.2 Å². The lowest BCUT2D eigenvalue weighted by Crippen LogP contribution is -2.38. The molecule has 1 aliphatic rings. The summed E-state index contributed by atoms with van der Waals surface area (Å²) in [4.78, 5) is 0. The molecular formula is C18H28BrNO. The van der Waals surface area contributed by atoms with E-state index < -0.39 is 0 Å². The Hall–Kier alpha value is -0.380. The summed E-state index contributed by atoms with van der Waals surface area (Å²) in [7, 11) is 0. The Kier molecular flexibility index (Phi) is 4.87. The van der Waals surface area contributed by atoms with Crippen LogP contribution in [0.25, 0.3) is 0 Å². The third-order valence-corrected chi connectivity index (χ3v) is 5.40. The third kappa shape index (κ3) is 3.69. The van der Waals surface area contributed by atoms with Crippen molar-refractivity contribution < 1.29 is 4.74 Å². The minimum atomic E-state index is -0.114. The Bertz CT molecular complexity index is 510. The smallest absolute Gasteiger partial charge is 0.0681 e. The van der Waals surface area contributed by atoms with Crippen molar-refractivity contribution in [1.29, 1.82) is 0 Å². The van der Waals surface area contributed by atoms with E-state index in [-0.39, 0.29) is 11.2 Å². The minimum absolute atomic E-state index is 0.0494. The lowest BCUT2D eigenvalue weighted by Gasteiger charge is -2.34. The molecule has 0 aromatic heterocycles. The Morgan fingerprint density at radius 1 is 1.33 bits per heavy atom. The zero-order valence-corrected chi connectivity index (χ0v) is 15.7. The van der Waals surface area contributed by atoms with Gasteiger partial charge in [-0.3, -0.25) is 0 Å². The molecule has 2 nitrogen and oxygen atoms in total. The Morgan fingerprint density at radius 2 is 2.00 bits per heavy atom. The van der Waals surface area contributed by atoms with Crippen LogP contribution < -0.4 is 5.32 Å². The van der Waals surface area contributed by atoms with Crippen LogP contribution in [-0.4, -0.2) is 17.7 Å². The average molecular weight is 354 g/mol. The normalized spacial score (nSPS) is 25.0. The van der Waals surface area contributed by atoms with Crippen LogP contribution in [0.3, 0.4) is 0 Å². The van der Waals surface area contributed by atoms with Crippen molar-refractivity contribution in [2.75, 3.05) is 6.54 Å².